The average molecular weight is 311 g/mol. The van der Waals surface area contributed by atoms with Crippen molar-refractivity contribution in [1.29, 1.82) is 0 Å². The Hall–Kier alpha value is -0.860. The van der Waals surface area contributed by atoms with Crippen LogP contribution >= 0.6 is 0 Å². The highest BCUT2D eigenvalue weighted by Gasteiger charge is 2.33. The van der Waals surface area contributed by atoms with Gasteiger partial charge in [0.05, 0.1) is 13.7 Å². The normalized spacial score (nSPS) is 19.8. The van der Waals surface area contributed by atoms with Crippen LogP contribution < -0.4 is 5.32 Å². The number of hydrogen-bond acceptors (Lipinski definition) is 5. The molecule has 0 aromatic heterocycles. The van der Waals surface area contributed by atoms with Crippen LogP contribution in [0.3, 0.4) is 0 Å². The molecule has 5 nitrogen and oxygen atoms in total. The number of carbonyl (C=O) groups is 1. The highest BCUT2D eigenvalue weighted by molar-refractivity contribution is 5.76. The molecule has 0 radical (unpaired) electrons. The molecule has 1 N–H and O–H groups in total. The molecule has 0 bridgehead atoms. The second kappa shape index (κ2) is 7.95. The number of carbonyl (C=O) groups excluding carboxylic acids is 1. The molecule has 1 atom stereocenters. The maximum atomic E-state index is 12.3. The van der Waals surface area contributed by atoms with Crippen molar-refractivity contribution in [1.82, 2.24) is 15.1 Å². The van der Waals surface area contributed by atoms with Gasteiger partial charge in [-0.25, -0.2) is 0 Å². The van der Waals surface area contributed by atoms with Gasteiger partial charge in [-0.05, 0) is 0 Å². The van der Waals surface area contributed by atoms with E-state index in [9.17, 15) is 18.0 Å². The Morgan fingerprint density at radius 2 is 1.71 bits per heavy atom. The van der Waals surface area contributed by atoms with Crippen molar-refractivity contribution in [3.05, 3.63) is 0 Å². The number of rotatable bonds is 6. The van der Waals surface area contributed by atoms with E-state index in [0.29, 0.717) is 32.7 Å². The number of ether oxygens (including phenoxy) is 1. The Kier molecular flexibility index (Phi) is 6.89. The lowest BCUT2D eigenvalue weighted by Gasteiger charge is -2.36. The summed E-state index contributed by atoms with van der Waals surface area (Å²) < 4.78 is 41.7. The van der Waals surface area contributed by atoms with Gasteiger partial charge in [0.25, 0.3) is 0 Å². The predicted octanol–water partition coefficient (Wildman–Crippen LogP) is 0.706. The Balaban J connectivity index is 2.43. The molecule has 21 heavy (non-hydrogen) atoms. The fourth-order valence-electron chi connectivity index (χ4n) is 2.38. The van der Waals surface area contributed by atoms with Crippen molar-refractivity contribution < 1.29 is 22.7 Å². The van der Waals surface area contributed by atoms with Crippen molar-refractivity contribution in [2.75, 3.05) is 46.4 Å². The molecule has 1 rings (SSSR count). The minimum Gasteiger partial charge on any atom is -0.468 e. The van der Waals surface area contributed by atoms with E-state index >= 15 is 0 Å². The van der Waals surface area contributed by atoms with Crippen LogP contribution in [-0.4, -0.2) is 80.4 Å². The fourth-order valence-corrected chi connectivity index (χ4v) is 2.38. The number of methoxy groups -OCH3 is 1. The zero-order chi connectivity index (χ0) is 16.0. The molecule has 0 aromatic carbocycles. The molecule has 0 saturated carbocycles. The number of alkyl halides is 3. The smallest absolute Gasteiger partial charge is 0.401 e. The fraction of sp³-hybridized carbons (Fsp3) is 0.923. The predicted molar refractivity (Wildman–Crippen MR) is 73.0 cm³/mol. The number of piperazine rings is 1. The second-order valence-corrected chi connectivity index (χ2v) is 5.59. The molecule has 1 saturated heterocycles. The van der Waals surface area contributed by atoms with E-state index in [0.717, 1.165) is 0 Å². The third kappa shape index (κ3) is 7.10. The number of halogens is 3. The summed E-state index contributed by atoms with van der Waals surface area (Å²) in [6.45, 7) is 5.18. The van der Waals surface area contributed by atoms with Gasteiger partial charge in [-0.1, -0.05) is 13.8 Å². The summed E-state index contributed by atoms with van der Waals surface area (Å²) in [6, 6.07) is -0.329. The molecule has 124 valence electrons. The van der Waals surface area contributed by atoms with Crippen LogP contribution in [-0.2, 0) is 9.53 Å². The van der Waals surface area contributed by atoms with Crippen molar-refractivity contribution >= 4 is 5.97 Å². The maximum Gasteiger partial charge on any atom is 0.401 e. The van der Waals surface area contributed by atoms with Gasteiger partial charge >= 0.3 is 12.1 Å². The summed E-state index contributed by atoms with van der Waals surface area (Å²) in [5, 5.41) is 3.12. The number of nitrogens with one attached hydrogen (secondary N) is 1. The molecule has 0 aliphatic carbocycles. The largest absolute Gasteiger partial charge is 0.468 e. The van der Waals surface area contributed by atoms with Gasteiger partial charge in [-0.2, -0.15) is 13.2 Å². The number of hydrogen-bond donors (Lipinski definition) is 1. The number of nitrogens with zero attached hydrogens (tertiary/aromatic N) is 2. The highest BCUT2D eigenvalue weighted by atomic mass is 19.4. The van der Waals surface area contributed by atoms with Crippen molar-refractivity contribution in [3.63, 3.8) is 0 Å². The van der Waals surface area contributed by atoms with Crippen LogP contribution in [0, 0.1) is 0 Å². The van der Waals surface area contributed by atoms with E-state index in [1.165, 1.54) is 12.0 Å². The van der Waals surface area contributed by atoms with Gasteiger partial charge in [0, 0.05) is 38.8 Å². The third-order valence-electron chi connectivity index (χ3n) is 3.33. The molecule has 1 heterocycles. The van der Waals surface area contributed by atoms with Crippen molar-refractivity contribution in [2.45, 2.75) is 32.1 Å². The van der Waals surface area contributed by atoms with Crippen LogP contribution in [0.5, 0.6) is 0 Å². The third-order valence-corrected chi connectivity index (χ3v) is 3.33. The average Bonchev–Trinajstić information content (AvgIpc) is 2.37. The summed E-state index contributed by atoms with van der Waals surface area (Å²) in [6.07, 6.45) is -4.16. The van der Waals surface area contributed by atoms with E-state index in [1.54, 1.807) is 0 Å². The van der Waals surface area contributed by atoms with Gasteiger partial charge in [0.2, 0.25) is 0 Å². The van der Waals surface area contributed by atoms with Crippen LogP contribution in [0.1, 0.15) is 13.8 Å². The van der Waals surface area contributed by atoms with Gasteiger partial charge < -0.3 is 10.1 Å². The van der Waals surface area contributed by atoms with E-state index in [-0.39, 0.29) is 12.0 Å². The van der Waals surface area contributed by atoms with Gasteiger partial charge in [-0.3, -0.25) is 14.6 Å². The summed E-state index contributed by atoms with van der Waals surface area (Å²) in [4.78, 5) is 15.1. The lowest BCUT2D eigenvalue weighted by Crippen LogP contribution is -2.55. The first-order valence-electron chi connectivity index (χ1n) is 7.06. The Morgan fingerprint density at radius 1 is 1.19 bits per heavy atom. The summed E-state index contributed by atoms with van der Waals surface area (Å²) in [5.74, 6) is -0.346. The van der Waals surface area contributed by atoms with E-state index in [1.807, 2.05) is 18.7 Å². The van der Waals surface area contributed by atoms with E-state index in [2.05, 4.69) is 5.32 Å². The zero-order valence-electron chi connectivity index (χ0n) is 12.7. The monoisotopic (exact) mass is 311 g/mol. The molecular formula is C13H24F3N3O2. The molecule has 1 aliphatic heterocycles. The van der Waals surface area contributed by atoms with Crippen LogP contribution in [0.15, 0.2) is 0 Å². The van der Waals surface area contributed by atoms with Crippen LogP contribution in [0.25, 0.3) is 0 Å². The summed E-state index contributed by atoms with van der Waals surface area (Å²) >= 11 is 0. The standard InChI is InChI=1S/C13H24F3N3O2/c1-10(2)17-11(12(20)21-3)8-18-4-6-19(7-5-18)9-13(14,15)16/h10-11,17H,4-9H2,1-3H3. The molecule has 1 unspecified atom stereocenters. The lowest BCUT2D eigenvalue weighted by molar-refractivity contribution is -0.149. The molecule has 1 fully saturated rings. The zero-order valence-corrected chi connectivity index (χ0v) is 12.7. The number of esters is 1. The topological polar surface area (TPSA) is 44.8 Å². The van der Waals surface area contributed by atoms with Gasteiger partial charge in [0.1, 0.15) is 6.04 Å². The molecule has 0 amide bonds. The van der Waals surface area contributed by atoms with Crippen LogP contribution in [0.2, 0.25) is 0 Å². The molecule has 0 aromatic rings. The Morgan fingerprint density at radius 3 is 2.14 bits per heavy atom. The molecule has 0 spiro atoms. The maximum absolute atomic E-state index is 12.3. The molecule has 8 heteroatoms. The highest BCUT2D eigenvalue weighted by Crippen LogP contribution is 2.17. The first-order valence-corrected chi connectivity index (χ1v) is 7.06. The lowest BCUT2D eigenvalue weighted by atomic mass is 10.2. The first-order chi connectivity index (χ1) is 9.71. The molecular weight excluding hydrogens is 287 g/mol. The van der Waals surface area contributed by atoms with Crippen molar-refractivity contribution in [3.8, 4) is 0 Å². The first kappa shape index (κ1) is 18.2. The quantitative estimate of drug-likeness (QED) is 0.732. The van der Waals surface area contributed by atoms with Crippen molar-refractivity contribution in [2.24, 2.45) is 0 Å². The summed E-state index contributed by atoms with van der Waals surface area (Å²) in [5.41, 5.74) is 0. The van der Waals surface area contributed by atoms with Gasteiger partial charge in [-0.15, -0.1) is 0 Å². The minimum absolute atomic E-state index is 0.126. The summed E-state index contributed by atoms with van der Waals surface area (Å²) in [7, 11) is 1.33. The Bertz CT molecular complexity index is 329. The van der Waals surface area contributed by atoms with Gasteiger partial charge in [0.15, 0.2) is 0 Å². The minimum atomic E-state index is -4.16. The van der Waals surface area contributed by atoms with Crippen LogP contribution in [0.4, 0.5) is 13.2 Å². The second-order valence-electron chi connectivity index (χ2n) is 5.59. The van der Waals surface area contributed by atoms with E-state index in [4.69, 9.17) is 4.74 Å². The SMILES string of the molecule is COC(=O)C(CN1CCN(CC(F)(F)F)CC1)NC(C)C. The molecule has 1 aliphatic rings. The Labute approximate surface area is 123 Å². The van der Waals surface area contributed by atoms with E-state index < -0.39 is 18.8 Å².